The molecule has 0 aliphatic carbocycles. The number of fused-ring (bicyclic) bond motifs is 1. The summed E-state index contributed by atoms with van der Waals surface area (Å²) in [5, 5.41) is 21.8. The second kappa shape index (κ2) is 3.77. The molecule has 0 aromatic carbocycles. The van der Waals surface area contributed by atoms with Crippen molar-refractivity contribution in [2.75, 3.05) is 5.32 Å². The molecule has 3 heterocycles. The van der Waals surface area contributed by atoms with Gasteiger partial charge in [-0.3, -0.25) is 0 Å². The average Bonchev–Trinajstić information content (AvgIpc) is 2.94. The van der Waals surface area contributed by atoms with Gasteiger partial charge in [0.05, 0.1) is 6.54 Å². The molecule has 17 heavy (non-hydrogen) atoms. The van der Waals surface area contributed by atoms with Crippen LogP contribution in [-0.4, -0.2) is 35.4 Å². The summed E-state index contributed by atoms with van der Waals surface area (Å²) in [7, 11) is 0. The number of tetrazole rings is 1. The van der Waals surface area contributed by atoms with Crippen molar-refractivity contribution in [2.45, 2.75) is 13.5 Å². The van der Waals surface area contributed by atoms with Crippen LogP contribution in [0.2, 0.25) is 0 Å². The van der Waals surface area contributed by atoms with Crippen LogP contribution in [0.15, 0.2) is 16.7 Å². The van der Waals surface area contributed by atoms with Crippen LogP contribution in [0.4, 0.5) is 5.82 Å². The van der Waals surface area contributed by atoms with Crippen LogP contribution in [0.25, 0.3) is 5.65 Å². The molecule has 1 N–H and O–H groups in total. The molecule has 0 unspecified atom stereocenters. The maximum absolute atomic E-state index is 4.96. The summed E-state index contributed by atoms with van der Waals surface area (Å²) in [6.07, 6.45) is 0. The molecule has 0 bridgehead atoms. The lowest BCUT2D eigenvalue weighted by Gasteiger charge is -2.00. The third-order valence-corrected chi connectivity index (χ3v) is 2.06. The van der Waals surface area contributed by atoms with Crippen molar-refractivity contribution in [3.05, 3.63) is 23.8 Å². The SMILES string of the molecule is Cc1noc(CNc2ccc3nnnn3n2)n1. The number of aryl methyl sites for hydroxylation is 1. The Labute approximate surface area is 94.8 Å². The van der Waals surface area contributed by atoms with Crippen molar-refractivity contribution in [3.8, 4) is 0 Å². The van der Waals surface area contributed by atoms with E-state index in [1.54, 1.807) is 19.1 Å². The van der Waals surface area contributed by atoms with E-state index in [1.807, 2.05) is 0 Å². The minimum absolute atomic E-state index is 0.404. The highest BCUT2D eigenvalue weighted by Crippen LogP contribution is 2.05. The van der Waals surface area contributed by atoms with Gasteiger partial charge in [0.1, 0.15) is 5.82 Å². The van der Waals surface area contributed by atoms with Crippen molar-refractivity contribution < 1.29 is 4.52 Å². The molecular weight excluding hydrogens is 224 g/mol. The van der Waals surface area contributed by atoms with Gasteiger partial charge in [-0.2, -0.15) is 4.98 Å². The van der Waals surface area contributed by atoms with E-state index in [2.05, 4.69) is 36.1 Å². The van der Waals surface area contributed by atoms with Crippen LogP contribution in [0, 0.1) is 6.92 Å². The van der Waals surface area contributed by atoms with Gasteiger partial charge >= 0.3 is 0 Å². The Morgan fingerprint density at radius 3 is 3.18 bits per heavy atom. The quantitative estimate of drug-likeness (QED) is 0.662. The summed E-state index contributed by atoms with van der Waals surface area (Å²) in [5.41, 5.74) is 0.587. The lowest BCUT2D eigenvalue weighted by Crippen LogP contribution is -2.05. The van der Waals surface area contributed by atoms with Gasteiger partial charge < -0.3 is 9.84 Å². The van der Waals surface area contributed by atoms with E-state index in [9.17, 15) is 0 Å². The highest BCUT2D eigenvalue weighted by molar-refractivity contribution is 5.41. The highest BCUT2D eigenvalue weighted by atomic mass is 16.5. The number of rotatable bonds is 3. The fourth-order valence-corrected chi connectivity index (χ4v) is 1.32. The lowest BCUT2D eigenvalue weighted by atomic mass is 10.5. The third-order valence-electron chi connectivity index (χ3n) is 2.06. The minimum Gasteiger partial charge on any atom is -0.359 e. The van der Waals surface area contributed by atoms with Crippen molar-refractivity contribution >= 4 is 11.5 Å². The number of nitrogens with one attached hydrogen (secondary N) is 1. The average molecular weight is 232 g/mol. The molecule has 0 amide bonds. The van der Waals surface area contributed by atoms with Gasteiger partial charge in [-0.05, 0) is 29.5 Å². The number of hydrogen-bond donors (Lipinski definition) is 1. The molecule has 0 atom stereocenters. The van der Waals surface area contributed by atoms with Crippen molar-refractivity contribution in [1.29, 1.82) is 0 Å². The zero-order chi connectivity index (χ0) is 11.7. The zero-order valence-corrected chi connectivity index (χ0v) is 8.90. The fourth-order valence-electron chi connectivity index (χ4n) is 1.32. The van der Waals surface area contributed by atoms with Gasteiger partial charge in [0.25, 0.3) is 0 Å². The Bertz CT molecular complexity index is 644. The molecule has 0 aliphatic heterocycles. The van der Waals surface area contributed by atoms with Crippen LogP contribution >= 0.6 is 0 Å². The standard InChI is InChI=1S/C8H8N8O/c1-5-10-8(17-13-5)4-9-6-2-3-7-11-14-15-16(7)12-6/h2-3H,4H2,1H3,(H,9,12). The summed E-state index contributed by atoms with van der Waals surface area (Å²) in [5.74, 6) is 1.73. The van der Waals surface area contributed by atoms with Crippen molar-refractivity contribution in [1.82, 2.24) is 35.4 Å². The van der Waals surface area contributed by atoms with Gasteiger partial charge in [0.15, 0.2) is 11.5 Å². The zero-order valence-electron chi connectivity index (χ0n) is 8.90. The second-order valence-corrected chi connectivity index (χ2v) is 3.33. The summed E-state index contributed by atoms with van der Waals surface area (Å²) in [6, 6.07) is 3.53. The summed E-state index contributed by atoms with van der Waals surface area (Å²) in [4.78, 5) is 4.06. The first kappa shape index (κ1) is 9.63. The Morgan fingerprint density at radius 2 is 2.35 bits per heavy atom. The molecule has 0 saturated heterocycles. The Kier molecular flexibility index (Phi) is 2.14. The van der Waals surface area contributed by atoms with Gasteiger partial charge in [-0.15, -0.1) is 14.8 Å². The maximum atomic E-state index is 4.96. The van der Waals surface area contributed by atoms with E-state index in [0.29, 0.717) is 29.7 Å². The molecule has 86 valence electrons. The molecule has 3 aromatic rings. The minimum atomic E-state index is 0.404. The summed E-state index contributed by atoms with van der Waals surface area (Å²) >= 11 is 0. The molecule has 3 aromatic heterocycles. The predicted molar refractivity (Wildman–Crippen MR) is 54.9 cm³/mol. The van der Waals surface area contributed by atoms with Crippen LogP contribution in [-0.2, 0) is 6.54 Å². The Hall–Kier alpha value is -2.58. The topological polar surface area (TPSA) is 107 Å². The summed E-state index contributed by atoms with van der Waals surface area (Å²) < 4.78 is 6.29. The first-order valence-corrected chi connectivity index (χ1v) is 4.90. The summed E-state index contributed by atoms with van der Waals surface area (Å²) in [6.45, 7) is 2.17. The molecule has 9 nitrogen and oxygen atoms in total. The maximum Gasteiger partial charge on any atom is 0.245 e. The molecule has 0 radical (unpaired) electrons. The predicted octanol–water partition coefficient (Wildman–Crippen LogP) is -0.177. The number of aromatic nitrogens is 7. The second-order valence-electron chi connectivity index (χ2n) is 3.33. The smallest absolute Gasteiger partial charge is 0.245 e. The van der Waals surface area contributed by atoms with Crippen LogP contribution in [0.1, 0.15) is 11.7 Å². The van der Waals surface area contributed by atoms with E-state index >= 15 is 0 Å². The van der Waals surface area contributed by atoms with E-state index < -0.39 is 0 Å². The highest BCUT2D eigenvalue weighted by Gasteiger charge is 2.04. The normalized spacial score (nSPS) is 10.9. The molecule has 0 fully saturated rings. The number of hydrogen-bond acceptors (Lipinski definition) is 8. The molecule has 9 heteroatoms. The molecule has 0 aliphatic rings. The van der Waals surface area contributed by atoms with Gasteiger partial charge in [-0.25, -0.2) is 0 Å². The van der Waals surface area contributed by atoms with E-state index in [4.69, 9.17) is 4.52 Å². The number of nitrogens with zero attached hydrogens (tertiary/aromatic N) is 7. The third kappa shape index (κ3) is 1.89. The molecule has 0 saturated carbocycles. The fraction of sp³-hybridized carbons (Fsp3) is 0.250. The lowest BCUT2D eigenvalue weighted by molar-refractivity contribution is 0.379. The van der Waals surface area contributed by atoms with Crippen molar-refractivity contribution in [2.24, 2.45) is 0 Å². The van der Waals surface area contributed by atoms with Gasteiger partial charge in [0.2, 0.25) is 5.89 Å². The van der Waals surface area contributed by atoms with E-state index in [1.165, 1.54) is 4.63 Å². The van der Waals surface area contributed by atoms with Crippen LogP contribution in [0.3, 0.4) is 0 Å². The monoisotopic (exact) mass is 232 g/mol. The molecule has 3 rings (SSSR count). The van der Waals surface area contributed by atoms with Crippen molar-refractivity contribution in [3.63, 3.8) is 0 Å². The van der Waals surface area contributed by atoms with E-state index in [-0.39, 0.29) is 0 Å². The molecular formula is C8H8N8O. The Morgan fingerprint density at radius 1 is 1.41 bits per heavy atom. The van der Waals surface area contributed by atoms with E-state index in [0.717, 1.165) is 0 Å². The van der Waals surface area contributed by atoms with Gasteiger partial charge in [0, 0.05) is 0 Å². The number of anilines is 1. The largest absolute Gasteiger partial charge is 0.359 e. The Balaban J connectivity index is 1.76. The van der Waals surface area contributed by atoms with Gasteiger partial charge in [-0.1, -0.05) is 5.16 Å². The molecule has 0 spiro atoms. The first-order valence-electron chi connectivity index (χ1n) is 4.90. The van der Waals surface area contributed by atoms with Crippen LogP contribution < -0.4 is 5.32 Å². The first-order chi connectivity index (χ1) is 8.31. The van der Waals surface area contributed by atoms with Crippen LogP contribution in [0.5, 0.6) is 0 Å².